The van der Waals surface area contributed by atoms with Crippen LogP contribution in [0.25, 0.3) is 5.69 Å². The summed E-state index contributed by atoms with van der Waals surface area (Å²) in [6, 6.07) is 12.7. The number of aryl methyl sites for hydroxylation is 2. The van der Waals surface area contributed by atoms with Crippen molar-refractivity contribution in [2.75, 3.05) is 5.75 Å². The van der Waals surface area contributed by atoms with Crippen molar-refractivity contribution in [1.29, 1.82) is 0 Å². The lowest BCUT2D eigenvalue weighted by atomic mass is 9.98. The van der Waals surface area contributed by atoms with Gasteiger partial charge in [-0.05, 0) is 64.7 Å². The van der Waals surface area contributed by atoms with Crippen molar-refractivity contribution in [3.8, 4) is 11.4 Å². The first-order valence-electron chi connectivity index (χ1n) is 8.48. The molecule has 0 aliphatic carbocycles. The zero-order valence-corrected chi connectivity index (χ0v) is 15.5. The molecule has 0 aliphatic rings. The number of hydrogen-bond donors (Lipinski definition) is 1. The highest BCUT2D eigenvalue weighted by molar-refractivity contribution is 7.99. The molecule has 0 saturated carbocycles. The topological polar surface area (TPSA) is 80.9 Å². The lowest BCUT2D eigenvalue weighted by Crippen LogP contribution is -2.08. The number of nitrogens with zero attached hydrogens (tertiary/aromatic N) is 4. The van der Waals surface area contributed by atoms with Crippen LogP contribution in [0.3, 0.4) is 0 Å². The minimum atomic E-state index is 0.0717. The number of hydrogen-bond acceptors (Lipinski definition) is 6. The standard InChI is InChI=1S/C19H20N4O2S/c1-3-13-5-6-14(4-2)17(11-13)18(25)12-26-19-20-21-22-23(19)15-7-9-16(24)10-8-15/h5-11,24H,3-4,12H2,1-2H3. The Morgan fingerprint density at radius 3 is 2.58 bits per heavy atom. The fourth-order valence-electron chi connectivity index (χ4n) is 2.64. The summed E-state index contributed by atoms with van der Waals surface area (Å²) < 4.78 is 1.56. The van der Waals surface area contributed by atoms with Crippen molar-refractivity contribution < 1.29 is 9.90 Å². The molecule has 0 bridgehead atoms. The summed E-state index contributed by atoms with van der Waals surface area (Å²) >= 11 is 1.30. The maximum atomic E-state index is 12.7. The normalized spacial score (nSPS) is 10.8. The summed E-state index contributed by atoms with van der Waals surface area (Å²) in [6.45, 7) is 4.13. The molecule has 7 heteroatoms. The first kappa shape index (κ1) is 18.1. The largest absolute Gasteiger partial charge is 0.508 e. The van der Waals surface area contributed by atoms with Crippen molar-refractivity contribution >= 4 is 17.5 Å². The number of tetrazole rings is 1. The van der Waals surface area contributed by atoms with Gasteiger partial charge in [0.2, 0.25) is 5.16 Å². The van der Waals surface area contributed by atoms with E-state index in [9.17, 15) is 9.90 Å². The van der Waals surface area contributed by atoms with Crippen LogP contribution < -0.4 is 0 Å². The molecule has 134 valence electrons. The van der Waals surface area contributed by atoms with E-state index in [0.717, 1.165) is 35.2 Å². The fraction of sp³-hybridized carbons (Fsp3) is 0.263. The SMILES string of the molecule is CCc1ccc(CC)c(C(=O)CSc2nnnn2-c2ccc(O)cc2)c1. The summed E-state index contributed by atoms with van der Waals surface area (Å²) in [5, 5.41) is 21.6. The van der Waals surface area contributed by atoms with E-state index >= 15 is 0 Å². The Balaban J connectivity index is 1.77. The minimum Gasteiger partial charge on any atom is -0.508 e. The van der Waals surface area contributed by atoms with Crippen LogP contribution in [-0.2, 0) is 12.8 Å². The third kappa shape index (κ3) is 3.94. The number of thioether (sulfide) groups is 1. The van der Waals surface area contributed by atoms with Gasteiger partial charge in [0.1, 0.15) is 5.75 Å². The molecule has 0 spiro atoms. The summed E-state index contributed by atoms with van der Waals surface area (Å²) in [4.78, 5) is 12.7. The van der Waals surface area contributed by atoms with E-state index in [0.29, 0.717) is 5.16 Å². The van der Waals surface area contributed by atoms with Crippen LogP contribution in [0, 0.1) is 0 Å². The van der Waals surface area contributed by atoms with E-state index in [2.05, 4.69) is 35.4 Å². The van der Waals surface area contributed by atoms with Gasteiger partial charge in [0.15, 0.2) is 5.78 Å². The molecule has 0 radical (unpaired) electrons. The number of aromatic hydroxyl groups is 1. The van der Waals surface area contributed by atoms with Crippen LogP contribution in [0.4, 0.5) is 0 Å². The van der Waals surface area contributed by atoms with Crippen LogP contribution >= 0.6 is 11.8 Å². The van der Waals surface area contributed by atoms with Crippen molar-refractivity contribution in [2.45, 2.75) is 31.8 Å². The number of Topliss-reactive ketones (excluding diaryl/α,β-unsaturated/α-hetero) is 1. The third-order valence-electron chi connectivity index (χ3n) is 4.13. The Morgan fingerprint density at radius 1 is 1.12 bits per heavy atom. The molecule has 0 saturated heterocycles. The maximum Gasteiger partial charge on any atom is 0.214 e. The van der Waals surface area contributed by atoms with Gasteiger partial charge in [-0.15, -0.1) is 5.10 Å². The number of carbonyl (C=O) groups is 1. The number of carbonyl (C=O) groups excluding carboxylic acids is 1. The number of ketones is 1. The number of aromatic nitrogens is 4. The van der Waals surface area contributed by atoms with Gasteiger partial charge in [-0.1, -0.05) is 37.7 Å². The van der Waals surface area contributed by atoms with Crippen LogP contribution in [0.15, 0.2) is 47.6 Å². The van der Waals surface area contributed by atoms with Gasteiger partial charge in [0, 0.05) is 5.56 Å². The molecule has 1 aromatic heterocycles. The first-order valence-corrected chi connectivity index (χ1v) is 9.46. The second kappa shape index (κ2) is 8.14. The second-order valence-corrected chi connectivity index (χ2v) is 6.74. The van der Waals surface area contributed by atoms with Gasteiger partial charge in [-0.3, -0.25) is 4.79 Å². The van der Waals surface area contributed by atoms with E-state index in [1.807, 2.05) is 12.1 Å². The molecule has 0 amide bonds. The Bertz CT molecular complexity index is 906. The summed E-state index contributed by atoms with van der Waals surface area (Å²) in [6.07, 6.45) is 1.72. The van der Waals surface area contributed by atoms with Crippen molar-refractivity contribution in [2.24, 2.45) is 0 Å². The van der Waals surface area contributed by atoms with Gasteiger partial charge >= 0.3 is 0 Å². The van der Waals surface area contributed by atoms with Gasteiger partial charge < -0.3 is 5.11 Å². The Kier molecular flexibility index (Phi) is 5.68. The summed E-state index contributed by atoms with van der Waals surface area (Å²) in [7, 11) is 0. The highest BCUT2D eigenvalue weighted by atomic mass is 32.2. The predicted octanol–water partition coefficient (Wildman–Crippen LogP) is 3.47. The van der Waals surface area contributed by atoms with Crippen molar-refractivity contribution in [3.63, 3.8) is 0 Å². The number of phenolic OH excluding ortho intramolecular Hbond substituents is 1. The molecule has 1 N–H and O–H groups in total. The fourth-order valence-corrected chi connectivity index (χ4v) is 3.42. The lowest BCUT2D eigenvalue weighted by molar-refractivity contribution is 0.102. The van der Waals surface area contributed by atoms with Crippen LogP contribution in [0.5, 0.6) is 5.75 Å². The van der Waals surface area contributed by atoms with Crippen LogP contribution in [-0.4, -0.2) is 36.8 Å². The van der Waals surface area contributed by atoms with Crippen LogP contribution in [0.1, 0.15) is 35.3 Å². The van der Waals surface area contributed by atoms with Crippen LogP contribution in [0.2, 0.25) is 0 Å². The zero-order chi connectivity index (χ0) is 18.5. The van der Waals surface area contributed by atoms with E-state index in [4.69, 9.17) is 0 Å². The van der Waals surface area contributed by atoms with Crippen molar-refractivity contribution in [3.05, 3.63) is 59.2 Å². The summed E-state index contributed by atoms with van der Waals surface area (Å²) in [5.41, 5.74) is 3.73. The Morgan fingerprint density at radius 2 is 1.88 bits per heavy atom. The van der Waals surface area contributed by atoms with Gasteiger partial charge in [-0.2, -0.15) is 4.68 Å². The number of rotatable bonds is 7. The van der Waals surface area contributed by atoms with Gasteiger partial charge in [-0.25, -0.2) is 0 Å². The molecule has 2 aromatic carbocycles. The molecule has 3 rings (SSSR count). The first-order chi connectivity index (χ1) is 12.6. The molecule has 0 aliphatic heterocycles. The average Bonchev–Trinajstić information content (AvgIpc) is 3.14. The molecule has 1 heterocycles. The summed E-state index contributed by atoms with van der Waals surface area (Å²) in [5.74, 6) is 0.509. The molecule has 0 atom stereocenters. The molecule has 3 aromatic rings. The molecule has 26 heavy (non-hydrogen) atoms. The van der Waals surface area contributed by atoms with Gasteiger partial charge in [0.25, 0.3) is 0 Å². The monoisotopic (exact) mass is 368 g/mol. The van der Waals surface area contributed by atoms with Crippen molar-refractivity contribution in [1.82, 2.24) is 20.2 Å². The molecular weight excluding hydrogens is 348 g/mol. The minimum absolute atomic E-state index is 0.0717. The average molecular weight is 368 g/mol. The number of phenols is 1. The highest BCUT2D eigenvalue weighted by Gasteiger charge is 2.15. The molecule has 0 fully saturated rings. The molecule has 6 nitrogen and oxygen atoms in total. The molecule has 0 unspecified atom stereocenters. The van der Waals surface area contributed by atoms with Gasteiger partial charge in [0.05, 0.1) is 11.4 Å². The lowest BCUT2D eigenvalue weighted by Gasteiger charge is -2.09. The van der Waals surface area contributed by atoms with E-state index in [-0.39, 0.29) is 17.3 Å². The quantitative estimate of drug-likeness (QED) is 0.508. The zero-order valence-electron chi connectivity index (χ0n) is 14.7. The Labute approximate surface area is 156 Å². The van der Waals surface area contributed by atoms with E-state index in [1.165, 1.54) is 11.8 Å². The second-order valence-electron chi connectivity index (χ2n) is 5.80. The highest BCUT2D eigenvalue weighted by Crippen LogP contribution is 2.22. The van der Waals surface area contributed by atoms with E-state index < -0.39 is 0 Å². The Hall–Kier alpha value is -2.67. The molecular formula is C19H20N4O2S. The number of benzene rings is 2. The maximum absolute atomic E-state index is 12.7. The third-order valence-corrected chi connectivity index (χ3v) is 5.05. The van der Waals surface area contributed by atoms with E-state index in [1.54, 1.807) is 28.9 Å². The smallest absolute Gasteiger partial charge is 0.214 e. The predicted molar refractivity (Wildman–Crippen MR) is 101 cm³/mol.